The molecule has 0 aromatic heterocycles. The molecule has 0 bridgehead atoms. The normalized spacial score (nSPS) is 23.5. The summed E-state index contributed by atoms with van der Waals surface area (Å²) in [5, 5.41) is 20.3. The number of unbranched alkanes of at least 4 members (excludes halogenated alkanes) is 1. The summed E-state index contributed by atoms with van der Waals surface area (Å²) in [7, 11) is 1.35. The van der Waals surface area contributed by atoms with E-state index >= 15 is 0 Å². The summed E-state index contributed by atoms with van der Waals surface area (Å²) in [5.74, 6) is -0.154. The number of aliphatic hydroxyl groups is 2. The molecule has 27 heavy (non-hydrogen) atoms. The number of Topliss-reactive ketones (excluding diaryl/α,β-unsaturated/α-hetero) is 1. The zero-order valence-electron chi connectivity index (χ0n) is 15.6. The van der Waals surface area contributed by atoms with E-state index < -0.39 is 12.2 Å². The molecular formula is C21H28O6. The number of rotatable bonds is 10. The van der Waals surface area contributed by atoms with E-state index in [2.05, 4.69) is 4.74 Å². The van der Waals surface area contributed by atoms with Crippen molar-refractivity contribution in [3.05, 3.63) is 42.5 Å². The second-order valence-corrected chi connectivity index (χ2v) is 6.82. The van der Waals surface area contributed by atoms with Crippen LogP contribution in [0.2, 0.25) is 0 Å². The second-order valence-electron chi connectivity index (χ2n) is 6.82. The van der Waals surface area contributed by atoms with Crippen LogP contribution in [0.25, 0.3) is 0 Å². The molecule has 2 N–H and O–H groups in total. The molecular weight excluding hydrogens is 348 g/mol. The lowest BCUT2D eigenvalue weighted by Crippen LogP contribution is -2.20. The molecule has 0 amide bonds. The highest BCUT2D eigenvalue weighted by Crippen LogP contribution is 2.34. The van der Waals surface area contributed by atoms with Crippen molar-refractivity contribution in [2.24, 2.45) is 11.8 Å². The standard InChI is InChI=1S/C21H28O6/c1-26-21(25)10-6-5-9-17-18(20(24)13-19(17)23)12-11-15(22)14-27-16-7-3-2-4-8-16/h2-4,7-8,11-12,15,17-18,20,22,24H,5-6,9-10,13-14H2,1H3/b12-11+/t15-,17-,18-,20-/m1/s1. The first kappa shape index (κ1) is 21.1. The SMILES string of the molecule is COC(=O)CCCC[C@H]1C(=O)C[C@@H](O)[C@@H]1/C=C/[C@@H](O)COc1ccccc1. The van der Waals surface area contributed by atoms with Gasteiger partial charge >= 0.3 is 5.97 Å². The monoisotopic (exact) mass is 376 g/mol. The van der Waals surface area contributed by atoms with E-state index in [1.807, 2.05) is 18.2 Å². The average Bonchev–Trinajstić information content (AvgIpc) is 2.95. The molecule has 148 valence electrons. The average molecular weight is 376 g/mol. The van der Waals surface area contributed by atoms with Crippen molar-refractivity contribution in [3.63, 3.8) is 0 Å². The minimum absolute atomic E-state index is 0.0326. The smallest absolute Gasteiger partial charge is 0.305 e. The van der Waals surface area contributed by atoms with E-state index in [4.69, 9.17) is 4.74 Å². The summed E-state index contributed by atoms with van der Waals surface area (Å²) in [5.41, 5.74) is 0. The number of esters is 1. The number of hydrogen-bond donors (Lipinski definition) is 2. The highest BCUT2D eigenvalue weighted by molar-refractivity contribution is 5.84. The Bertz CT molecular complexity index is 627. The van der Waals surface area contributed by atoms with Crippen LogP contribution in [0, 0.1) is 11.8 Å². The van der Waals surface area contributed by atoms with Gasteiger partial charge in [-0.2, -0.15) is 0 Å². The zero-order chi connectivity index (χ0) is 19.6. The molecule has 0 saturated heterocycles. The quantitative estimate of drug-likeness (QED) is 0.370. The molecule has 1 aromatic carbocycles. The number of ketones is 1. The molecule has 1 aliphatic rings. The van der Waals surface area contributed by atoms with Gasteiger partial charge in [-0.05, 0) is 25.0 Å². The second kappa shape index (κ2) is 10.8. The van der Waals surface area contributed by atoms with Crippen molar-refractivity contribution >= 4 is 11.8 Å². The van der Waals surface area contributed by atoms with Crippen molar-refractivity contribution in [3.8, 4) is 5.75 Å². The lowest BCUT2D eigenvalue weighted by atomic mass is 9.88. The van der Waals surface area contributed by atoms with Crippen LogP contribution >= 0.6 is 0 Å². The lowest BCUT2D eigenvalue weighted by Gasteiger charge is -2.18. The Labute approximate surface area is 159 Å². The lowest BCUT2D eigenvalue weighted by molar-refractivity contribution is -0.140. The maximum absolute atomic E-state index is 12.2. The van der Waals surface area contributed by atoms with E-state index in [1.165, 1.54) is 7.11 Å². The number of ether oxygens (including phenoxy) is 2. The van der Waals surface area contributed by atoms with Gasteiger partial charge in [-0.15, -0.1) is 0 Å². The van der Waals surface area contributed by atoms with Gasteiger partial charge in [0, 0.05) is 24.7 Å². The molecule has 6 heteroatoms. The Morgan fingerprint density at radius 1 is 1.30 bits per heavy atom. The number of benzene rings is 1. The minimum atomic E-state index is -0.826. The number of carbonyl (C=O) groups is 2. The largest absolute Gasteiger partial charge is 0.491 e. The Balaban J connectivity index is 1.82. The van der Waals surface area contributed by atoms with Crippen LogP contribution in [0.15, 0.2) is 42.5 Å². The van der Waals surface area contributed by atoms with Gasteiger partial charge < -0.3 is 19.7 Å². The molecule has 0 spiro atoms. The molecule has 1 aliphatic carbocycles. The molecule has 1 fully saturated rings. The van der Waals surface area contributed by atoms with Crippen molar-refractivity contribution < 1.29 is 29.3 Å². The molecule has 1 saturated carbocycles. The van der Waals surface area contributed by atoms with Crippen molar-refractivity contribution in [1.29, 1.82) is 0 Å². The molecule has 2 rings (SSSR count). The van der Waals surface area contributed by atoms with Crippen molar-refractivity contribution in [2.45, 2.75) is 44.3 Å². The van der Waals surface area contributed by atoms with E-state index in [0.29, 0.717) is 31.4 Å². The van der Waals surface area contributed by atoms with E-state index in [-0.39, 0.29) is 36.6 Å². The van der Waals surface area contributed by atoms with Crippen LogP contribution in [0.4, 0.5) is 0 Å². The first-order valence-corrected chi connectivity index (χ1v) is 9.33. The van der Waals surface area contributed by atoms with Gasteiger partial charge in [0.05, 0.1) is 13.2 Å². The van der Waals surface area contributed by atoms with Gasteiger partial charge in [-0.1, -0.05) is 36.8 Å². The Hall–Kier alpha value is -2.18. The first-order valence-electron chi connectivity index (χ1n) is 9.33. The Kier molecular flexibility index (Phi) is 8.48. The topological polar surface area (TPSA) is 93.1 Å². The third-order valence-corrected chi connectivity index (χ3v) is 4.83. The predicted octanol–water partition coefficient (Wildman–Crippen LogP) is 2.28. The van der Waals surface area contributed by atoms with Crippen LogP contribution in [-0.4, -0.2) is 47.9 Å². The van der Waals surface area contributed by atoms with Crippen molar-refractivity contribution in [1.82, 2.24) is 0 Å². The molecule has 0 unspecified atom stereocenters. The van der Waals surface area contributed by atoms with Crippen LogP contribution in [-0.2, 0) is 14.3 Å². The van der Waals surface area contributed by atoms with Gasteiger partial charge in [0.25, 0.3) is 0 Å². The van der Waals surface area contributed by atoms with Crippen LogP contribution in [0.3, 0.4) is 0 Å². The fourth-order valence-electron chi connectivity index (χ4n) is 3.34. The molecule has 4 atom stereocenters. The maximum Gasteiger partial charge on any atom is 0.305 e. The van der Waals surface area contributed by atoms with Gasteiger partial charge in [0.2, 0.25) is 0 Å². The minimum Gasteiger partial charge on any atom is -0.491 e. The Morgan fingerprint density at radius 2 is 2.04 bits per heavy atom. The van der Waals surface area contributed by atoms with E-state index in [0.717, 1.165) is 0 Å². The molecule has 6 nitrogen and oxygen atoms in total. The Morgan fingerprint density at radius 3 is 2.74 bits per heavy atom. The fraction of sp³-hybridized carbons (Fsp3) is 0.524. The number of carbonyl (C=O) groups excluding carboxylic acids is 2. The van der Waals surface area contributed by atoms with Gasteiger partial charge in [0.1, 0.15) is 24.2 Å². The molecule has 0 heterocycles. The first-order chi connectivity index (χ1) is 13.0. The zero-order valence-corrected chi connectivity index (χ0v) is 15.6. The summed E-state index contributed by atoms with van der Waals surface area (Å²) in [4.78, 5) is 23.3. The number of hydrogen-bond acceptors (Lipinski definition) is 6. The summed E-state index contributed by atoms with van der Waals surface area (Å²) >= 11 is 0. The summed E-state index contributed by atoms with van der Waals surface area (Å²) in [6, 6.07) is 9.19. The van der Waals surface area contributed by atoms with Gasteiger partial charge in [-0.25, -0.2) is 0 Å². The molecule has 1 aromatic rings. The number of para-hydroxylation sites is 1. The van der Waals surface area contributed by atoms with Gasteiger partial charge in [-0.3, -0.25) is 9.59 Å². The summed E-state index contributed by atoms with van der Waals surface area (Å²) in [6.45, 7) is 0.0983. The highest BCUT2D eigenvalue weighted by atomic mass is 16.5. The number of methoxy groups -OCH3 is 1. The highest BCUT2D eigenvalue weighted by Gasteiger charge is 2.39. The van der Waals surface area contributed by atoms with Crippen molar-refractivity contribution in [2.75, 3.05) is 13.7 Å². The third kappa shape index (κ3) is 6.81. The van der Waals surface area contributed by atoms with E-state index in [9.17, 15) is 19.8 Å². The molecule has 0 aliphatic heterocycles. The van der Waals surface area contributed by atoms with Crippen LogP contribution in [0.5, 0.6) is 5.75 Å². The maximum atomic E-state index is 12.2. The summed E-state index contributed by atoms with van der Waals surface area (Å²) < 4.78 is 10.1. The van der Waals surface area contributed by atoms with Gasteiger partial charge in [0.15, 0.2) is 0 Å². The van der Waals surface area contributed by atoms with Crippen LogP contribution < -0.4 is 4.74 Å². The number of aliphatic hydroxyl groups excluding tert-OH is 2. The fourth-order valence-corrected chi connectivity index (χ4v) is 3.34. The summed E-state index contributed by atoms with van der Waals surface area (Å²) in [6.07, 6.45) is 4.17. The third-order valence-electron chi connectivity index (χ3n) is 4.83. The van der Waals surface area contributed by atoms with E-state index in [1.54, 1.807) is 24.3 Å². The predicted molar refractivity (Wildman–Crippen MR) is 100 cm³/mol. The molecule has 0 radical (unpaired) electrons. The van der Waals surface area contributed by atoms with Crippen LogP contribution in [0.1, 0.15) is 32.1 Å².